The molecule has 3 heteroatoms. The Morgan fingerprint density at radius 3 is 2.62 bits per heavy atom. The molecule has 3 nitrogen and oxygen atoms in total. The van der Waals surface area contributed by atoms with E-state index in [1.807, 2.05) is 30.3 Å². The molecule has 0 radical (unpaired) electrons. The standard InChI is InChI=1S/C26H34O3/c1-25-14-12-19(27)16-18(25)8-9-20-21-10-11-23(26(21,2)15-13-22(20)25)29-24(28)17-6-4-3-5-7-17/h3-8,19-23,27H,9-16H2,1-2H3/t19?,20?,21?,22?,23?,25-,26-/m0/s1. The zero-order valence-electron chi connectivity index (χ0n) is 17.8. The Balaban J connectivity index is 1.36. The normalized spacial score (nSPS) is 43.6. The average Bonchev–Trinajstić information content (AvgIpc) is 3.05. The van der Waals surface area contributed by atoms with Gasteiger partial charge >= 0.3 is 5.97 Å². The lowest BCUT2D eigenvalue weighted by Crippen LogP contribution is -2.51. The lowest BCUT2D eigenvalue weighted by atomic mass is 9.48. The molecule has 0 aliphatic heterocycles. The van der Waals surface area contributed by atoms with E-state index in [4.69, 9.17) is 4.74 Å². The van der Waals surface area contributed by atoms with Gasteiger partial charge in [0.25, 0.3) is 0 Å². The Hall–Kier alpha value is -1.61. The van der Waals surface area contributed by atoms with Gasteiger partial charge in [-0.05, 0) is 86.7 Å². The Kier molecular flexibility index (Phi) is 4.66. The molecule has 0 saturated heterocycles. The second kappa shape index (κ2) is 6.97. The number of benzene rings is 1. The first-order valence-corrected chi connectivity index (χ1v) is 11.6. The monoisotopic (exact) mass is 394 g/mol. The minimum absolute atomic E-state index is 0.0347. The third kappa shape index (κ3) is 3.00. The molecule has 0 heterocycles. The van der Waals surface area contributed by atoms with Crippen molar-refractivity contribution < 1.29 is 14.6 Å². The van der Waals surface area contributed by atoms with E-state index >= 15 is 0 Å². The Labute approximate surface area is 174 Å². The van der Waals surface area contributed by atoms with Gasteiger partial charge in [0.05, 0.1) is 11.7 Å². The number of rotatable bonds is 2. The zero-order chi connectivity index (χ0) is 20.2. The highest BCUT2D eigenvalue weighted by molar-refractivity contribution is 5.89. The lowest BCUT2D eigenvalue weighted by molar-refractivity contribution is -0.0778. The average molecular weight is 395 g/mol. The molecule has 1 N–H and O–H groups in total. The molecule has 4 aliphatic rings. The quantitative estimate of drug-likeness (QED) is 0.529. The maximum Gasteiger partial charge on any atom is 0.338 e. The van der Waals surface area contributed by atoms with Crippen molar-refractivity contribution in [3.63, 3.8) is 0 Å². The van der Waals surface area contributed by atoms with Crippen molar-refractivity contribution in [3.8, 4) is 0 Å². The highest BCUT2D eigenvalue weighted by Gasteiger charge is 2.59. The van der Waals surface area contributed by atoms with Crippen molar-refractivity contribution in [2.24, 2.45) is 28.6 Å². The van der Waals surface area contributed by atoms with E-state index < -0.39 is 0 Å². The molecule has 4 aliphatic carbocycles. The molecule has 29 heavy (non-hydrogen) atoms. The Bertz CT molecular complexity index is 815. The van der Waals surface area contributed by atoms with Gasteiger partial charge in [0.2, 0.25) is 0 Å². The first-order valence-electron chi connectivity index (χ1n) is 11.6. The highest BCUT2D eigenvalue weighted by atomic mass is 16.5. The van der Waals surface area contributed by atoms with E-state index in [1.165, 1.54) is 18.4 Å². The third-order valence-electron chi connectivity index (χ3n) is 9.25. The number of aliphatic hydroxyl groups excluding tert-OH is 1. The summed E-state index contributed by atoms with van der Waals surface area (Å²) < 4.78 is 6.11. The second-order valence-electron chi connectivity index (χ2n) is 10.5. The summed E-state index contributed by atoms with van der Waals surface area (Å²) in [7, 11) is 0. The van der Waals surface area contributed by atoms with Crippen LogP contribution in [-0.2, 0) is 4.74 Å². The van der Waals surface area contributed by atoms with Crippen LogP contribution in [0.25, 0.3) is 0 Å². The SMILES string of the molecule is C[C@]12CCC3C(CC=C4CC(O)CC[C@@]43C)C1CCC2OC(=O)c1ccccc1. The molecule has 156 valence electrons. The van der Waals surface area contributed by atoms with Gasteiger partial charge in [0.1, 0.15) is 6.10 Å². The van der Waals surface area contributed by atoms with Crippen LogP contribution in [0, 0.1) is 28.6 Å². The summed E-state index contributed by atoms with van der Waals surface area (Å²) in [5.74, 6) is 1.88. The van der Waals surface area contributed by atoms with Crippen molar-refractivity contribution in [2.45, 2.75) is 77.4 Å². The summed E-state index contributed by atoms with van der Waals surface area (Å²) in [6.07, 6.45) is 11.0. The number of allylic oxidation sites excluding steroid dienone is 1. The molecule has 1 aromatic carbocycles. The smallest absolute Gasteiger partial charge is 0.338 e. The van der Waals surface area contributed by atoms with Crippen LogP contribution in [0.1, 0.15) is 75.6 Å². The topological polar surface area (TPSA) is 46.5 Å². The maximum atomic E-state index is 12.7. The predicted molar refractivity (Wildman–Crippen MR) is 113 cm³/mol. The maximum absolute atomic E-state index is 12.7. The van der Waals surface area contributed by atoms with Crippen LogP contribution in [0.15, 0.2) is 42.0 Å². The molecule has 0 amide bonds. The molecule has 5 unspecified atom stereocenters. The fourth-order valence-corrected chi connectivity index (χ4v) is 7.56. The van der Waals surface area contributed by atoms with Crippen LogP contribution in [0.2, 0.25) is 0 Å². The highest BCUT2D eigenvalue weighted by Crippen LogP contribution is 2.65. The molecule has 5 rings (SSSR count). The summed E-state index contributed by atoms with van der Waals surface area (Å²) in [6, 6.07) is 9.42. The van der Waals surface area contributed by atoms with E-state index in [0.29, 0.717) is 17.4 Å². The van der Waals surface area contributed by atoms with E-state index in [9.17, 15) is 9.90 Å². The van der Waals surface area contributed by atoms with E-state index in [0.717, 1.165) is 44.4 Å². The number of hydrogen-bond acceptors (Lipinski definition) is 3. The molecule has 0 bridgehead atoms. The van der Waals surface area contributed by atoms with E-state index in [2.05, 4.69) is 19.9 Å². The van der Waals surface area contributed by atoms with Gasteiger partial charge in [-0.2, -0.15) is 0 Å². The molecule has 3 fully saturated rings. The van der Waals surface area contributed by atoms with Gasteiger partial charge < -0.3 is 9.84 Å². The molecule has 0 aromatic heterocycles. The Morgan fingerprint density at radius 1 is 1.03 bits per heavy atom. The number of esters is 1. The van der Waals surface area contributed by atoms with Crippen molar-refractivity contribution in [2.75, 3.05) is 0 Å². The van der Waals surface area contributed by atoms with Gasteiger partial charge in [-0.25, -0.2) is 4.79 Å². The van der Waals surface area contributed by atoms with E-state index in [-0.39, 0.29) is 29.0 Å². The predicted octanol–water partition coefficient (Wildman–Crippen LogP) is 5.54. The van der Waals surface area contributed by atoms with Crippen LogP contribution in [0.3, 0.4) is 0 Å². The zero-order valence-corrected chi connectivity index (χ0v) is 17.8. The summed E-state index contributed by atoms with van der Waals surface area (Å²) in [5.41, 5.74) is 2.54. The van der Waals surface area contributed by atoms with Crippen molar-refractivity contribution in [1.82, 2.24) is 0 Å². The van der Waals surface area contributed by atoms with Gasteiger partial charge in [0.15, 0.2) is 0 Å². The summed E-state index contributed by atoms with van der Waals surface area (Å²) in [5, 5.41) is 10.2. The number of ether oxygens (including phenoxy) is 1. The molecular formula is C26H34O3. The largest absolute Gasteiger partial charge is 0.458 e. The molecule has 3 saturated carbocycles. The fraction of sp³-hybridized carbons (Fsp3) is 0.654. The third-order valence-corrected chi connectivity index (χ3v) is 9.25. The number of aliphatic hydroxyl groups is 1. The second-order valence-corrected chi connectivity index (χ2v) is 10.5. The van der Waals surface area contributed by atoms with Gasteiger partial charge in [-0.3, -0.25) is 0 Å². The van der Waals surface area contributed by atoms with Crippen molar-refractivity contribution >= 4 is 5.97 Å². The number of fused-ring (bicyclic) bond motifs is 5. The van der Waals surface area contributed by atoms with Crippen molar-refractivity contribution in [1.29, 1.82) is 0 Å². The first-order chi connectivity index (χ1) is 13.9. The van der Waals surface area contributed by atoms with Gasteiger partial charge in [0, 0.05) is 5.41 Å². The number of hydrogen-bond donors (Lipinski definition) is 1. The molecule has 7 atom stereocenters. The molecule has 1 aromatic rings. The number of carbonyl (C=O) groups excluding carboxylic acids is 1. The van der Waals surface area contributed by atoms with Crippen molar-refractivity contribution in [3.05, 3.63) is 47.5 Å². The van der Waals surface area contributed by atoms with Crippen LogP contribution in [-0.4, -0.2) is 23.3 Å². The van der Waals surface area contributed by atoms with Crippen LogP contribution in [0.5, 0.6) is 0 Å². The summed E-state index contributed by atoms with van der Waals surface area (Å²) in [6.45, 7) is 4.85. The van der Waals surface area contributed by atoms with Crippen LogP contribution >= 0.6 is 0 Å². The Morgan fingerprint density at radius 2 is 1.83 bits per heavy atom. The minimum atomic E-state index is -0.168. The minimum Gasteiger partial charge on any atom is -0.458 e. The number of carbonyl (C=O) groups is 1. The molecule has 0 spiro atoms. The summed E-state index contributed by atoms with van der Waals surface area (Å²) >= 11 is 0. The van der Waals surface area contributed by atoms with E-state index in [1.54, 1.807) is 0 Å². The fourth-order valence-electron chi connectivity index (χ4n) is 7.56. The molecular weight excluding hydrogens is 360 g/mol. The first kappa shape index (κ1) is 19.4. The van der Waals surface area contributed by atoms with Gasteiger partial charge in [-0.1, -0.05) is 43.7 Å². The lowest BCUT2D eigenvalue weighted by Gasteiger charge is -2.57. The van der Waals surface area contributed by atoms with Crippen LogP contribution < -0.4 is 0 Å². The van der Waals surface area contributed by atoms with Gasteiger partial charge in [-0.15, -0.1) is 0 Å². The summed E-state index contributed by atoms with van der Waals surface area (Å²) in [4.78, 5) is 12.7. The van der Waals surface area contributed by atoms with Crippen LogP contribution in [0.4, 0.5) is 0 Å².